The number of rotatable bonds is 3. The fourth-order valence-corrected chi connectivity index (χ4v) is 3.64. The minimum atomic E-state index is -0.460. The summed E-state index contributed by atoms with van der Waals surface area (Å²) in [6.45, 7) is 6.50. The first-order chi connectivity index (χ1) is 10.1. The highest BCUT2D eigenvalue weighted by Gasteiger charge is 2.41. The van der Waals surface area contributed by atoms with Crippen molar-refractivity contribution in [3.63, 3.8) is 0 Å². The molecular formula is C16H26N2O3. The van der Waals surface area contributed by atoms with Crippen molar-refractivity contribution in [3.05, 3.63) is 18.2 Å². The molecule has 2 unspecified atom stereocenters. The molecule has 0 aliphatic carbocycles. The van der Waals surface area contributed by atoms with Crippen LogP contribution in [0.1, 0.15) is 57.4 Å². The lowest BCUT2D eigenvalue weighted by Gasteiger charge is -2.44. The molecule has 0 aromatic carbocycles. The second-order valence-electron chi connectivity index (χ2n) is 6.66. The van der Waals surface area contributed by atoms with Gasteiger partial charge in [0.25, 0.3) is 0 Å². The molecule has 0 bridgehead atoms. The highest BCUT2D eigenvalue weighted by molar-refractivity contribution is 5.07. The van der Waals surface area contributed by atoms with Crippen LogP contribution in [0, 0.1) is 5.92 Å². The molecule has 0 radical (unpaired) electrons. The van der Waals surface area contributed by atoms with Gasteiger partial charge in [-0.15, -0.1) is 0 Å². The van der Waals surface area contributed by atoms with E-state index in [1.807, 2.05) is 6.33 Å². The van der Waals surface area contributed by atoms with Crippen LogP contribution in [0.3, 0.4) is 0 Å². The molecular weight excluding hydrogens is 268 g/mol. The average Bonchev–Trinajstić information content (AvgIpc) is 2.97. The zero-order valence-corrected chi connectivity index (χ0v) is 13.0. The molecule has 5 heteroatoms. The first kappa shape index (κ1) is 15.0. The van der Waals surface area contributed by atoms with Gasteiger partial charge in [-0.3, -0.25) is 0 Å². The molecule has 0 saturated carbocycles. The van der Waals surface area contributed by atoms with Gasteiger partial charge in [0.2, 0.25) is 0 Å². The smallest absolute Gasteiger partial charge is 0.0985 e. The van der Waals surface area contributed by atoms with E-state index in [0.717, 1.165) is 51.2 Å². The summed E-state index contributed by atoms with van der Waals surface area (Å²) in [6, 6.07) is 0.314. The number of aromatic nitrogens is 2. The largest absolute Gasteiger partial charge is 0.387 e. The van der Waals surface area contributed by atoms with Gasteiger partial charge in [0.1, 0.15) is 0 Å². The normalized spacial score (nSPS) is 27.1. The van der Waals surface area contributed by atoms with Gasteiger partial charge >= 0.3 is 0 Å². The molecule has 2 fully saturated rings. The Morgan fingerprint density at radius 2 is 2.10 bits per heavy atom. The number of imidazole rings is 1. The van der Waals surface area contributed by atoms with E-state index in [1.54, 1.807) is 6.20 Å². The van der Waals surface area contributed by atoms with E-state index in [0.29, 0.717) is 6.04 Å². The lowest BCUT2D eigenvalue weighted by atomic mass is 9.78. The molecule has 21 heavy (non-hydrogen) atoms. The molecule has 0 amide bonds. The van der Waals surface area contributed by atoms with Crippen LogP contribution in [0.4, 0.5) is 0 Å². The van der Waals surface area contributed by atoms with Crippen LogP contribution in [-0.2, 0) is 9.47 Å². The van der Waals surface area contributed by atoms with Crippen molar-refractivity contribution in [1.82, 2.24) is 9.55 Å². The molecule has 1 N–H and O–H groups in total. The van der Waals surface area contributed by atoms with Crippen molar-refractivity contribution in [3.8, 4) is 0 Å². The van der Waals surface area contributed by atoms with E-state index in [1.165, 1.54) is 0 Å². The minimum absolute atomic E-state index is 0.0785. The highest BCUT2D eigenvalue weighted by atomic mass is 16.5. The Balaban J connectivity index is 1.74. The zero-order valence-electron chi connectivity index (χ0n) is 13.0. The van der Waals surface area contributed by atoms with Gasteiger partial charge in [-0.2, -0.15) is 0 Å². The summed E-state index contributed by atoms with van der Waals surface area (Å²) in [7, 11) is 0. The predicted octanol–water partition coefficient (Wildman–Crippen LogP) is 2.47. The van der Waals surface area contributed by atoms with Crippen molar-refractivity contribution in [1.29, 1.82) is 0 Å². The molecule has 2 saturated heterocycles. The van der Waals surface area contributed by atoms with Gasteiger partial charge in [0, 0.05) is 25.9 Å². The number of ether oxygens (including phenoxy) is 2. The van der Waals surface area contributed by atoms with Crippen LogP contribution in [0.2, 0.25) is 0 Å². The maximum absolute atomic E-state index is 10.8. The highest BCUT2D eigenvalue weighted by Crippen LogP contribution is 2.41. The Morgan fingerprint density at radius 1 is 1.33 bits per heavy atom. The third-order valence-electron chi connectivity index (χ3n) is 4.94. The Morgan fingerprint density at radius 3 is 2.81 bits per heavy atom. The fourth-order valence-electron chi connectivity index (χ4n) is 3.64. The van der Waals surface area contributed by atoms with Crippen molar-refractivity contribution in [2.45, 2.75) is 57.3 Å². The molecule has 118 valence electrons. The topological polar surface area (TPSA) is 56.5 Å². The fraction of sp³-hybridized carbons (Fsp3) is 0.812. The van der Waals surface area contributed by atoms with Gasteiger partial charge < -0.3 is 19.1 Å². The van der Waals surface area contributed by atoms with E-state index in [-0.39, 0.29) is 11.5 Å². The lowest BCUT2D eigenvalue weighted by Crippen LogP contribution is -2.45. The SMILES string of the molecule is CC(C)n1cncc1C(O)C1CCOC2(CCOCC2)C1. The van der Waals surface area contributed by atoms with Crippen molar-refractivity contribution in [2.75, 3.05) is 19.8 Å². The molecule has 3 rings (SSSR count). The van der Waals surface area contributed by atoms with Gasteiger partial charge in [-0.05, 0) is 45.4 Å². The second-order valence-corrected chi connectivity index (χ2v) is 6.66. The molecule has 2 aliphatic heterocycles. The van der Waals surface area contributed by atoms with Crippen molar-refractivity contribution >= 4 is 0 Å². The maximum Gasteiger partial charge on any atom is 0.0985 e. The molecule has 5 nitrogen and oxygen atoms in total. The number of hydrogen-bond acceptors (Lipinski definition) is 4. The van der Waals surface area contributed by atoms with Crippen LogP contribution in [0.5, 0.6) is 0 Å². The van der Waals surface area contributed by atoms with Crippen LogP contribution < -0.4 is 0 Å². The third-order valence-corrected chi connectivity index (χ3v) is 4.94. The summed E-state index contributed by atoms with van der Waals surface area (Å²) in [4.78, 5) is 4.22. The van der Waals surface area contributed by atoms with E-state index in [9.17, 15) is 5.11 Å². The number of aliphatic hydroxyl groups excluding tert-OH is 1. The third kappa shape index (κ3) is 3.00. The summed E-state index contributed by atoms with van der Waals surface area (Å²) in [5.74, 6) is 0.242. The number of hydrogen-bond donors (Lipinski definition) is 1. The Bertz CT molecular complexity index is 460. The number of aliphatic hydroxyl groups is 1. The van der Waals surface area contributed by atoms with Gasteiger partial charge in [0.05, 0.1) is 29.9 Å². The minimum Gasteiger partial charge on any atom is -0.387 e. The summed E-state index contributed by atoms with van der Waals surface area (Å²) < 4.78 is 13.6. The van der Waals surface area contributed by atoms with Gasteiger partial charge in [0.15, 0.2) is 0 Å². The first-order valence-electron chi connectivity index (χ1n) is 8.03. The van der Waals surface area contributed by atoms with E-state index < -0.39 is 6.10 Å². The average molecular weight is 294 g/mol. The van der Waals surface area contributed by atoms with Gasteiger partial charge in [-0.1, -0.05) is 0 Å². The molecule has 3 heterocycles. The lowest BCUT2D eigenvalue weighted by molar-refractivity contribution is -0.159. The second kappa shape index (κ2) is 6.07. The standard InChI is InChI=1S/C16H26N2O3/c1-12(2)18-11-17-10-14(18)15(19)13-3-6-21-16(9-13)4-7-20-8-5-16/h10-13,15,19H,3-9H2,1-2H3. The molecule has 2 aliphatic rings. The van der Waals surface area contributed by atoms with Crippen LogP contribution in [0.25, 0.3) is 0 Å². The van der Waals surface area contributed by atoms with E-state index in [4.69, 9.17) is 9.47 Å². The summed E-state index contributed by atoms with van der Waals surface area (Å²) in [5.41, 5.74) is 0.851. The molecule has 1 spiro atoms. The zero-order chi connectivity index (χ0) is 14.9. The van der Waals surface area contributed by atoms with E-state index in [2.05, 4.69) is 23.4 Å². The van der Waals surface area contributed by atoms with Crippen LogP contribution in [0.15, 0.2) is 12.5 Å². The summed E-state index contributed by atoms with van der Waals surface area (Å²) in [5, 5.41) is 10.8. The van der Waals surface area contributed by atoms with Crippen molar-refractivity contribution < 1.29 is 14.6 Å². The van der Waals surface area contributed by atoms with E-state index >= 15 is 0 Å². The summed E-state index contributed by atoms with van der Waals surface area (Å²) >= 11 is 0. The Hall–Kier alpha value is -0.910. The monoisotopic (exact) mass is 294 g/mol. The predicted molar refractivity (Wildman–Crippen MR) is 79.0 cm³/mol. The van der Waals surface area contributed by atoms with Crippen LogP contribution in [-0.4, -0.2) is 40.1 Å². The quantitative estimate of drug-likeness (QED) is 0.930. The summed E-state index contributed by atoms with van der Waals surface area (Å²) in [6.07, 6.45) is 6.87. The number of nitrogens with zero attached hydrogens (tertiary/aromatic N) is 2. The molecule has 2 atom stereocenters. The van der Waals surface area contributed by atoms with Crippen molar-refractivity contribution in [2.24, 2.45) is 5.92 Å². The van der Waals surface area contributed by atoms with Gasteiger partial charge in [-0.25, -0.2) is 4.98 Å². The van der Waals surface area contributed by atoms with Crippen LogP contribution >= 0.6 is 0 Å². The first-order valence-corrected chi connectivity index (χ1v) is 8.03. The molecule has 1 aromatic heterocycles. The Labute approximate surface area is 126 Å². The molecule has 1 aromatic rings. The maximum atomic E-state index is 10.8. The Kier molecular flexibility index (Phi) is 4.33.